The molecule has 0 bridgehead atoms. The number of halogens is 3. The molecule has 3 rings (SSSR count). The van der Waals surface area contributed by atoms with Gasteiger partial charge in [-0.3, -0.25) is 14.8 Å². The first-order valence-electron chi connectivity index (χ1n) is 8.71. The van der Waals surface area contributed by atoms with Gasteiger partial charge in [-0.05, 0) is 38.0 Å². The van der Waals surface area contributed by atoms with E-state index in [4.69, 9.17) is 4.74 Å². The molecule has 2 aromatic rings. The van der Waals surface area contributed by atoms with Crippen LogP contribution in [0.4, 0.5) is 13.2 Å². The zero-order valence-corrected chi connectivity index (χ0v) is 14.9. The third-order valence-electron chi connectivity index (χ3n) is 4.46. The van der Waals surface area contributed by atoms with Gasteiger partial charge < -0.3 is 9.64 Å². The number of carbonyl (C=O) groups excluding carboxylic acids is 1. The number of amides is 1. The van der Waals surface area contributed by atoms with Crippen molar-refractivity contribution in [3.05, 3.63) is 53.6 Å². The van der Waals surface area contributed by atoms with Crippen molar-refractivity contribution in [2.45, 2.75) is 25.9 Å². The summed E-state index contributed by atoms with van der Waals surface area (Å²) in [7, 11) is 0. The molecule has 0 aromatic carbocycles. The molecule has 0 radical (unpaired) electrons. The van der Waals surface area contributed by atoms with Crippen LogP contribution < -0.4 is 4.74 Å². The highest BCUT2D eigenvalue weighted by molar-refractivity contribution is 5.94. The van der Waals surface area contributed by atoms with Crippen molar-refractivity contribution in [3.63, 3.8) is 0 Å². The summed E-state index contributed by atoms with van der Waals surface area (Å²) >= 11 is 0. The summed E-state index contributed by atoms with van der Waals surface area (Å²) in [4.78, 5) is 21.7. The minimum Gasteiger partial charge on any atom is -0.493 e. The van der Waals surface area contributed by atoms with Crippen LogP contribution in [0.2, 0.25) is 0 Å². The van der Waals surface area contributed by atoms with Crippen LogP contribution in [-0.4, -0.2) is 40.5 Å². The molecule has 1 amide bonds. The summed E-state index contributed by atoms with van der Waals surface area (Å²) < 4.78 is 43.6. The molecule has 5 nitrogen and oxygen atoms in total. The number of likely N-dealkylation sites (tertiary alicyclic amines) is 1. The Hall–Kier alpha value is -2.64. The Morgan fingerprint density at radius 3 is 2.78 bits per heavy atom. The molecular weight excluding hydrogens is 359 g/mol. The average molecular weight is 379 g/mol. The molecule has 2 aromatic heterocycles. The van der Waals surface area contributed by atoms with Gasteiger partial charge in [0.1, 0.15) is 11.4 Å². The van der Waals surface area contributed by atoms with Crippen molar-refractivity contribution < 1.29 is 22.7 Å². The molecule has 0 N–H and O–H groups in total. The van der Waals surface area contributed by atoms with E-state index < -0.39 is 11.9 Å². The SMILES string of the molecule is Cc1cc(OCC2CCCN(C(=O)c3ccc(C(F)(F)F)nc3)C2)ccn1. The predicted molar refractivity (Wildman–Crippen MR) is 92.3 cm³/mol. The molecular formula is C19H20F3N3O2. The third kappa shape index (κ3) is 4.96. The molecule has 0 aliphatic carbocycles. The van der Waals surface area contributed by atoms with Crippen molar-refractivity contribution in [2.75, 3.05) is 19.7 Å². The molecule has 1 aliphatic rings. The lowest BCUT2D eigenvalue weighted by atomic mass is 9.98. The van der Waals surface area contributed by atoms with Gasteiger partial charge in [-0.1, -0.05) is 0 Å². The lowest BCUT2D eigenvalue weighted by molar-refractivity contribution is -0.141. The van der Waals surface area contributed by atoms with Crippen molar-refractivity contribution in [1.29, 1.82) is 0 Å². The summed E-state index contributed by atoms with van der Waals surface area (Å²) in [5.74, 6) is 0.595. The van der Waals surface area contributed by atoms with Crippen LogP contribution >= 0.6 is 0 Å². The quantitative estimate of drug-likeness (QED) is 0.812. The average Bonchev–Trinajstić information content (AvgIpc) is 2.65. The van der Waals surface area contributed by atoms with E-state index >= 15 is 0 Å². The first-order valence-corrected chi connectivity index (χ1v) is 8.71. The maximum Gasteiger partial charge on any atom is 0.433 e. The zero-order chi connectivity index (χ0) is 19.4. The largest absolute Gasteiger partial charge is 0.493 e. The fraction of sp³-hybridized carbons (Fsp3) is 0.421. The van der Waals surface area contributed by atoms with Gasteiger partial charge in [0.25, 0.3) is 5.91 Å². The van der Waals surface area contributed by atoms with E-state index in [9.17, 15) is 18.0 Å². The Bertz CT molecular complexity index is 794. The molecule has 27 heavy (non-hydrogen) atoms. The monoisotopic (exact) mass is 379 g/mol. The molecule has 1 saturated heterocycles. The number of carbonyl (C=O) groups is 1. The second-order valence-electron chi connectivity index (χ2n) is 6.63. The van der Waals surface area contributed by atoms with Crippen molar-refractivity contribution in [3.8, 4) is 5.75 Å². The van der Waals surface area contributed by atoms with Gasteiger partial charge in [-0.2, -0.15) is 13.2 Å². The van der Waals surface area contributed by atoms with Crippen LogP contribution in [0.5, 0.6) is 5.75 Å². The van der Waals surface area contributed by atoms with Crippen LogP contribution in [0.1, 0.15) is 34.6 Å². The molecule has 1 atom stereocenters. The minimum absolute atomic E-state index is 0.161. The van der Waals surface area contributed by atoms with E-state index in [0.717, 1.165) is 36.5 Å². The Morgan fingerprint density at radius 2 is 2.11 bits per heavy atom. The Balaban J connectivity index is 1.59. The van der Waals surface area contributed by atoms with Gasteiger partial charge in [0.05, 0.1) is 12.2 Å². The van der Waals surface area contributed by atoms with Gasteiger partial charge in [-0.15, -0.1) is 0 Å². The normalized spacial score (nSPS) is 17.6. The van der Waals surface area contributed by atoms with E-state index in [1.165, 1.54) is 6.07 Å². The van der Waals surface area contributed by atoms with E-state index in [1.807, 2.05) is 13.0 Å². The predicted octanol–water partition coefficient (Wildman–Crippen LogP) is 3.74. The van der Waals surface area contributed by atoms with Crippen LogP contribution in [0.15, 0.2) is 36.7 Å². The summed E-state index contributed by atoms with van der Waals surface area (Å²) in [5.41, 5.74) is 0.0219. The van der Waals surface area contributed by atoms with Crippen molar-refractivity contribution in [2.24, 2.45) is 5.92 Å². The molecule has 0 saturated carbocycles. The highest BCUT2D eigenvalue weighted by Gasteiger charge is 2.32. The topological polar surface area (TPSA) is 55.3 Å². The summed E-state index contributed by atoms with van der Waals surface area (Å²) in [6.07, 6.45) is -0.0905. The first kappa shape index (κ1) is 19.1. The highest BCUT2D eigenvalue weighted by atomic mass is 19.4. The number of alkyl halides is 3. The van der Waals surface area contributed by atoms with Crippen molar-refractivity contribution >= 4 is 5.91 Å². The Labute approximate surface area is 155 Å². The molecule has 3 heterocycles. The van der Waals surface area contributed by atoms with E-state index in [-0.39, 0.29) is 17.4 Å². The number of hydrogen-bond donors (Lipinski definition) is 0. The Kier molecular flexibility index (Phi) is 5.62. The maximum atomic E-state index is 12.6. The molecule has 0 spiro atoms. The number of rotatable bonds is 4. The number of pyridine rings is 2. The van der Waals surface area contributed by atoms with Gasteiger partial charge in [0.15, 0.2) is 0 Å². The summed E-state index contributed by atoms with van der Waals surface area (Å²) in [5, 5.41) is 0. The molecule has 1 fully saturated rings. The van der Waals surface area contributed by atoms with Gasteiger partial charge in [0, 0.05) is 43.2 Å². The smallest absolute Gasteiger partial charge is 0.433 e. The number of aromatic nitrogens is 2. The van der Waals surface area contributed by atoms with Crippen molar-refractivity contribution in [1.82, 2.24) is 14.9 Å². The van der Waals surface area contributed by atoms with Crippen LogP contribution in [0.3, 0.4) is 0 Å². The second kappa shape index (κ2) is 7.94. The lowest BCUT2D eigenvalue weighted by Crippen LogP contribution is -2.41. The molecule has 8 heteroatoms. The van der Waals surface area contributed by atoms with Crippen LogP contribution in [0.25, 0.3) is 0 Å². The fourth-order valence-corrected chi connectivity index (χ4v) is 3.08. The summed E-state index contributed by atoms with van der Waals surface area (Å²) in [6, 6.07) is 5.65. The van der Waals surface area contributed by atoms with Gasteiger partial charge >= 0.3 is 6.18 Å². The van der Waals surface area contributed by atoms with Crippen LogP contribution in [0, 0.1) is 12.8 Å². The lowest BCUT2D eigenvalue weighted by Gasteiger charge is -2.32. The Morgan fingerprint density at radius 1 is 1.30 bits per heavy atom. The fourth-order valence-electron chi connectivity index (χ4n) is 3.08. The number of piperidine rings is 1. The number of hydrogen-bond acceptors (Lipinski definition) is 4. The van der Waals surface area contributed by atoms with Gasteiger partial charge in [0.2, 0.25) is 0 Å². The number of ether oxygens (including phenoxy) is 1. The molecule has 144 valence electrons. The third-order valence-corrected chi connectivity index (χ3v) is 4.46. The van der Waals surface area contributed by atoms with Crippen LogP contribution in [-0.2, 0) is 6.18 Å². The van der Waals surface area contributed by atoms with E-state index in [0.29, 0.717) is 19.7 Å². The molecule has 1 aliphatic heterocycles. The van der Waals surface area contributed by atoms with Gasteiger partial charge in [-0.25, -0.2) is 0 Å². The highest BCUT2D eigenvalue weighted by Crippen LogP contribution is 2.27. The molecule has 1 unspecified atom stereocenters. The minimum atomic E-state index is -4.51. The maximum absolute atomic E-state index is 12.6. The zero-order valence-electron chi connectivity index (χ0n) is 14.9. The summed E-state index contributed by atoms with van der Waals surface area (Å²) in [6.45, 7) is 3.43. The van der Waals surface area contributed by atoms with E-state index in [1.54, 1.807) is 17.2 Å². The standard InChI is InChI=1S/C19H20F3N3O2/c1-13-9-16(6-7-23-13)27-12-14-3-2-8-25(11-14)18(26)15-4-5-17(24-10-15)19(20,21)22/h4-7,9-10,14H,2-3,8,11-12H2,1H3. The first-order chi connectivity index (χ1) is 12.8. The number of aryl methyl sites for hydroxylation is 1. The number of nitrogens with zero attached hydrogens (tertiary/aromatic N) is 3. The second-order valence-corrected chi connectivity index (χ2v) is 6.63. The van der Waals surface area contributed by atoms with E-state index in [2.05, 4.69) is 9.97 Å².